The molecular formula is C24H29ClN6O3. The number of likely N-dealkylation sites (N-methyl/N-ethyl adjacent to an activating group) is 1. The lowest BCUT2D eigenvalue weighted by Crippen LogP contribution is -2.34. The molecule has 0 aliphatic carbocycles. The zero-order valence-corrected chi connectivity index (χ0v) is 20.4. The topological polar surface area (TPSA) is 101 Å². The van der Waals surface area contributed by atoms with Crippen LogP contribution in [0, 0.1) is 5.92 Å². The van der Waals surface area contributed by atoms with E-state index in [2.05, 4.69) is 32.4 Å². The monoisotopic (exact) mass is 484 g/mol. The maximum atomic E-state index is 12.6. The van der Waals surface area contributed by atoms with E-state index in [1.165, 1.54) is 4.57 Å². The first-order valence-electron chi connectivity index (χ1n) is 11.4. The van der Waals surface area contributed by atoms with Crippen LogP contribution < -0.4 is 25.8 Å². The number of anilines is 3. The highest BCUT2D eigenvalue weighted by Crippen LogP contribution is 2.28. The first-order chi connectivity index (χ1) is 16.4. The standard InChI is InChI=1S/C24H29ClN6O3/c1-4-26-21(32)14-34-20-12-16-11-17(5-6-19(16)30(3)23(20)33)28-22-18(25)13-27-24(29-22)31-9-7-15(2)8-10-31/h5-6,11-13,15H,4,7-10,14H2,1-3H3,(H,26,32)(H,27,28,29). The van der Waals surface area contributed by atoms with Crippen molar-refractivity contribution < 1.29 is 9.53 Å². The summed E-state index contributed by atoms with van der Waals surface area (Å²) in [6, 6.07) is 7.23. The van der Waals surface area contributed by atoms with Gasteiger partial charge in [0.2, 0.25) is 5.95 Å². The van der Waals surface area contributed by atoms with Gasteiger partial charge in [0.25, 0.3) is 11.5 Å². The first kappa shape index (κ1) is 23.8. The molecule has 3 heterocycles. The molecule has 0 unspecified atom stereocenters. The Morgan fingerprint density at radius 3 is 2.76 bits per heavy atom. The molecule has 1 saturated heterocycles. The number of hydrogen-bond acceptors (Lipinski definition) is 7. The van der Waals surface area contributed by atoms with Crippen molar-refractivity contribution in [3.05, 3.63) is 45.8 Å². The van der Waals surface area contributed by atoms with Crippen molar-refractivity contribution in [2.24, 2.45) is 13.0 Å². The summed E-state index contributed by atoms with van der Waals surface area (Å²) < 4.78 is 6.99. The highest BCUT2D eigenvalue weighted by molar-refractivity contribution is 6.32. The van der Waals surface area contributed by atoms with Crippen molar-refractivity contribution in [3.8, 4) is 5.75 Å². The van der Waals surface area contributed by atoms with E-state index in [9.17, 15) is 9.59 Å². The molecule has 1 aliphatic rings. The third-order valence-electron chi connectivity index (χ3n) is 5.98. The van der Waals surface area contributed by atoms with Crippen molar-refractivity contribution in [1.29, 1.82) is 0 Å². The highest BCUT2D eigenvalue weighted by Gasteiger charge is 2.19. The van der Waals surface area contributed by atoms with E-state index in [1.807, 2.05) is 25.1 Å². The fraction of sp³-hybridized carbons (Fsp3) is 0.417. The van der Waals surface area contributed by atoms with Gasteiger partial charge in [-0.05, 0) is 49.9 Å². The summed E-state index contributed by atoms with van der Waals surface area (Å²) in [6.45, 7) is 6.20. The zero-order valence-electron chi connectivity index (χ0n) is 19.6. The van der Waals surface area contributed by atoms with Crippen LogP contribution in [0.3, 0.4) is 0 Å². The van der Waals surface area contributed by atoms with Crippen LogP contribution in [0.1, 0.15) is 26.7 Å². The van der Waals surface area contributed by atoms with Gasteiger partial charge < -0.3 is 24.8 Å². The van der Waals surface area contributed by atoms with Gasteiger partial charge in [-0.3, -0.25) is 9.59 Å². The van der Waals surface area contributed by atoms with Gasteiger partial charge in [0.05, 0.1) is 11.7 Å². The lowest BCUT2D eigenvalue weighted by atomic mass is 10.00. The van der Waals surface area contributed by atoms with E-state index in [0.29, 0.717) is 29.3 Å². The van der Waals surface area contributed by atoms with Crippen LogP contribution >= 0.6 is 11.6 Å². The molecule has 0 saturated carbocycles. The van der Waals surface area contributed by atoms with Crippen molar-refractivity contribution >= 4 is 45.9 Å². The number of pyridine rings is 1. The number of carbonyl (C=O) groups excluding carboxylic acids is 1. The van der Waals surface area contributed by atoms with Crippen LogP contribution in [0.25, 0.3) is 10.9 Å². The van der Waals surface area contributed by atoms with Gasteiger partial charge in [0.15, 0.2) is 18.2 Å². The summed E-state index contributed by atoms with van der Waals surface area (Å²) in [5, 5.41) is 7.11. The first-order valence-corrected chi connectivity index (χ1v) is 11.8. The third kappa shape index (κ3) is 5.25. The summed E-state index contributed by atoms with van der Waals surface area (Å²) in [5.74, 6) is 1.72. The summed E-state index contributed by atoms with van der Waals surface area (Å²) in [4.78, 5) is 35.6. The number of aryl methyl sites for hydroxylation is 1. The molecule has 180 valence electrons. The summed E-state index contributed by atoms with van der Waals surface area (Å²) in [6.07, 6.45) is 3.84. The van der Waals surface area contributed by atoms with Crippen molar-refractivity contribution in [1.82, 2.24) is 19.9 Å². The number of carbonyl (C=O) groups is 1. The fourth-order valence-electron chi connectivity index (χ4n) is 3.97. The van der Waals surface area contributed by atoms with E-state index in [1.54, 1.807) is 19.3 Å². The van der Waals surface area contributed by atoms with Crippen molar-refractivity contribution in [3.63, 3.8) is 0 Å². The van der Waals surface area contributed by atoms with Crippen LogP contribution in [0.15, 0.2) is 35.3 Å². The van der Waals surface area contributed by atoms with E-state index >= 15 is 0 Å². The molecule has 34 heavy (non-hydrogen) atoms. The predicted molar refractivity (Wildman–Crippen MR) is 134 cm³/mol. The maximum absolute atomic E-state index is 12.6. The van der Waals surface area contributed by atoms with Gasteiger partial charge >= 0.3 is 0 Å². The SMILES string of the molecule is CCNC(=O)COc1cc2cc(Nc3nc(N4CCC(C)CC4)ncc3Cl)ccc2n(C)c1=O. The Morgan fingerprint density at radius 2 is 2.03 bits per heavy atom. The van der Waals surface area contributed by atoms with Gasteiger partial charge in [-0.2, -0.15) is 4.98 Å². The van der Waals surface area contributed by atoms with E-state index < -0.39 is 0 Å². The second kappa shape index (κ2) is 10.3. The molecule has 0 spiro atoms. The van der Waals surface area contributed by atoms with Crippen LogP contribution in [-0.2, 0) is 11.8 Å². The molecule has 1 aromatic carbocycles. The maximum Gasteiger partial charge on any atom is 0.293 e. The summed E-state index contributed by atoms with van der Waals surface area (Å²) >= 11 is 6.38. The average Bonchev–Trinajstić information content (AvgIpc) is 2.82. The van der Waals surface area contributed by atoms with Crippen LogP contribution in [0.5, 0.6) is 5.75 Å². The van der Waals surface area contributed by atoms with Crippen LogP contribution in [0.2, 0.25) is 5.02 Å². The Hall–Kier alpha value is -3.33. The minimum absolute atomic E-state index is 0.111. The zero-order chi connectivity index (χ0) is 24.2. The molecule has 9 nitrogen and oxygen atoms in total. The molecule has 3 aromatic rings. The number of rotatable bonds is 7. The Balaban J connectivity index is 1.59. The largest absolute Gasteiger partial charge is 0.478 e. The number of nitrogens with zero attached hydrogens (tertiary/aromatic N) is 4. The molecule has 0 radical (unpaired) electrons. The normalized spacial score (nSPS) is 14.3. The number of ether oxygens (including phenoxy) is 1. The fourth-order valence-corrected chi connectivity index (χ4v) is 4.11. The lowest BCUT2D eigenvalue weighted by Gasteiger charge is -2.30. The number of halogens is 1. The molecular weight excluding hydrogens is 456 g/mol. The number of fused-ring (bicyclic) bond motifs is 1. The van der Waals surface area contributed by atoms with E-state index in [0.717, 1.165) is 42.5 Å². The molecule has 1 amide bonds. The van der Waals surface area contributed by atoms with Gasteiger partial charge in [-0.1, -0.05) is 18.5 Å². The quantitative estimate of drug-likeness (QED) is 0.529. The van der Waals surface area contributed by atoms with Crippen LogP contribution in [-0.4, -0.2) is 46.7 Å². The van der Waals surface area contributed by atoms with E-state index in [-0.39, 0.29) is 23.8 Å². The third-order valence-corrected chi connectivity index (χ3v) is 6.26. The van der Waals surface area contributed by atoms with Gasteiger partial charge in [-0.25, -0.2) is 4.98 Å². The Kier molecular flexibility index (Phi) is 7.21. The summed E-state index contributed by atoms with van der Waals surface area (Å²) in [7, 11) is 1.67. The minimum Gasteiger partial charge on any atom is -0.478 e. The summed E-state index contributed by atoms with van der Waals surface area (Å²) in [5.41, 5.74) is 1.18. The molecule has 10 heteroatoms. The number of amides is 1. The smallest absolute Gasteiger partial charge is 0.293 e. The predicted octanol–water partition coefficient (Wildman–Crippen LogP) is 3.48. The number of benzene rings is 1. The minimum atomic E-state index is -0.308. The number of nitrogens with one attached hydrogen (secondary N) is 2. The number of aromatic nitrogens is 3. The molecule has 1 fully saturated rings. The molecule has 2 N–H and O–H groups in total. The molecule has 0 bridgehead atoms. The Bertz CT molecular complexity index is 1250. The van der Waals surface area contributed by atoms with Crippen molar-refractivity contribution in [2.75, 3.05) is 36.5 Å². The molecule has 1 aliphatic heterocycles. The van der Waals surface area contributed by atoms with Gasteiger partial charge in [0, 0.05) is 37.8 Å². The Morgan fingerprint density at radius 1 is 1.26 bits per heavy atom. The number of piperidine rings is 1. The van der Waals surface area contributed by atoms with E-state index in [4.69, 9.17) is 16.3 Å². The number of hydrogen-bond donors (Lipinski definition) is 2. The molecule has 4 rings (SSSR count). The average molecular weight is 485 g/mol. The Labute approximate surface area is 203 Å². The second-order valence-corrected chi connectivity index (χ2v) is 8.96. The second-order valence-electron chi connectivity index (χ2n) is 8.55. The van der Waals surface area contributed by atoms with Gasteiger partial charge in [0.1, 0.15) is 5.02 Å². The molecule has 2 aromatic heterocycles. The lowest BCUT2D eigenvalue weighted by molar-refractivity contribution is -0.123. The highest BCUT2D eigenvalue weighted by atomic mass is 35.5. The molecule has 0 atom stereocenters. The van der Waals surface area contributed by atoms with Crippen LogP contribution in [0.4, 0.5) is 17.5 Å². The van der Waals surface area contributed by atoms with Gasteiger partial charge in [-0.15, -0.1) is 0 Å². The van der Waals surface area contributed by atoms with Crippen molar-refractivity contribution in [2.45, 2.75) is 26.7 Å².